The summed E-state index contributed by atoms with van der Waals surface area (Å²) in [6.45, 7) is 4.04. The average Bonchev–Trinajstić information content (AvgIpc) is 2.48. The standard InChI is InChI=1S/C12H14N2O2/c1-12(2)8-14(16)11(13(12)9-15)10-6-4-3-5-7-10/h3-7,11H,8H2,1-2H3/q+1. The summed E-state index contributed by atoms with van der Waals surface area (Å²) < 4.78 is 0.931. The highest BCUT2D eigenvalue weighted by molar-refractivity contribution is 5.51. The van der Waals surface area contributed by atoms with E-state index in [1.54, 1.807) is 0 Å². The molecule has 0 saturated carbocycles. The van der Waals surface area contributed by atoms with Gasteiger partial charge in [0.25, 0.3) is 0 Å². The molecule has 1 unspecified atom stereocenters. The lowest BCUT2D eigenvalue weighted by Gasteiger charge is -2.23. The van der Waals surface area contributed by atoms with Crippen molar-refractivity contribution in [3.05, 3.63) is 40.8 Å². The molecule has 0 N–H and O–H groups in total. The monoisotopic (exact) mass is 218 g/mol. The largest absolute Gasteiger partial charge is 0.318 e. The summed E-state index contributed by atoms with van der Waals surface area (Å²) in [6, 6.07) is 9.30. The molecule has 1 atom stereocenters. The van der Waals surface area contributed by atoms with E-state index in [2.05, 4.69) is 0 Å². The summed E-state index contributed by atoms with van der Waals surface area (Å²) in [5.74, 6) is 0. The van der Waals surface area contributed by atoms with Crippen LogP contribution < -0.4 is 0 Å². The van der Waals surface area contributed by atoms with Gasteiger partial charge in [-0.05, 0) is 13.8 Å². The second kappa shape index (κ2) is 3.70. The van der Waals surface area contributed by atoms with E-state index in [0.29, 0.717) is 6.54 Å². The zero-order valence-corrected chi connectivity index (χ0v) is 9.38. The first-order valence-electron chi connectivity index (χ1n) is 5.22. The second-order valence-corrected chi connectivity index (χ2v) is 4.63. The van der Waals surface area contributed by atoms with Crippen LogP contribution in [0.1, 0.15) is 25.6 Å². The van der Waals surface area contributed by atoms with Crippen LogP contribution in [0.4, 0.5) is 0 Å². The van der Waals surface area contributed by atoms with Crippen molar-refractivity contribution in [3.8, 4) is 0 Å². The summed E-state index contributed by atoms with van der Waals surface area (Å²) in [4.78, 5) is 24.3. The third-order valence-corrected chi connectivity index (χ3v) is 2.91. The Morgan fingerprint density at radius 2 is 2.00 bits per heavy atom. The first-order valence-corrected chi connectivity index (χ1v) is 5.22. The Balaban J connectivity index is 2.41. The number of amides is 1. The van der Waals surface area contributed by atoms with Crippen LogP contribution >= 0.6 is 0 Å². The maximum Gasteiger partial charge on any atom is 0.318 e. The van der Waals surface area contributed by atoms with Crippen molar-refractivity contribution in [3.63, 3.8) is 0 Å². The van der Waals surface area contributed by atoms with Gasteiger partial charge in [-0.3, -0.25) is 9.69 Å². The summed E-state index contributed by atoms with van der Waals surface area (Å²) in [5, 5.41) is 0. The molecule has 83 valence electrons. The molecule has 1 radical (unpaired) electrons. The van der Waals surface area contributed by atoms with Crippen molar-refractivity contribution in [2.24, 2.45) is 0 Å². The lowest BCUT2D eigenvalue weighted by Crippen LogP contribution is -2.40. The van der Waals surface area contributed by atoms with Gasteiger partial charge in [-0.25, -0.2) is 0 Å². The molecule has 1 fully saturated rings. The molecule has 1 heterocycles. The highest BCUT2D eigenvalue weighted by atomic mass is 16.3. The molecule has 1 aliphatic rings. The predicted octanol–water partition coefficient (Wildman–Crippen LogP) is 1.63. The maximum absolute atomic E-state index is 11.9. The lowest BCUT2D eigenvalue weighted by atomic mass is 10.1. The Labute approximate surface area is 94.4 Å². The van der Waals surface area contributed by atoms with E-state index in [0.717, 1.165) is 10.3 Å². The van der Waals surface area contributed by atoms with Gasteiger partial charge in [0.15, 0.2) is 0 Å². The first kappa shape index (κ1) is 10.8. The van der Waals surface area contributed by atoms with Crippen LogP contribution in [0.5, 0.6) is 0 Å². The maximum atomic E-state index is 11.9. The van der Waals surface area contributed by atoms with Gasteiger partial charge in [-0.1, -0.05) is 30.3 Å². The number of nitroso groups, excluding NO2 is 1. The molecule has 1 aliphatic heterocycles. The SMILES string of the molecule is CC1(C)C[N+](=O)C(c2ccccc2)N1[C]=O. The van der Waals surface area contributed by atoms with Crippen LogP contribution in [-0.4, -0.2) is 28.2 Å². The van der Waals surface area contributed by atoms with Crippen LogP contribution in [0.15, 0.2) is 30.3 Å². The lowest BCUT2D eigenvalue weighted by molar-refractivity contribution is -0.581. The first-order chi connectivity index (χ1) is 7.56. The van der Waals surface area contributed by atoms with Crippen LogP contribution in [0.2, 0.25) is 0 Å². The number of rotatable bonds is 2. The second-order valence-electron chi connectivity index (χ2n) is 4.63. The van der Waals surface area contributed by atoms with Crippen molar-refractivity contribution in [2.45, 2.75) is 25.6 Å². The number of benzene rings is 1. The third-order valence-electron chi connectivity index (χ3n) is 2.91. The van der Waals surface area contributed by atoms with Crippen LogP contribution in [0, 0.1) is 4.91 Å². The summed E-state index contributed by atoms with van der Waals surface area (Å²) in [5.41, 5.74) is 0.357. The van der Waals surface area contributed by atoms with Gasteiger partial charge in [0, 0.05) is 15.2 Å². The van der Waals surface area contributed by atoms with Crippen LogP contribution in [0.25, 0.3) is 0 Å². The highest BCUT2D eigenvalue weighted by Gasteiger charge is 2.52. The minimum absolute atomic E-state index is 0.307. The molecule has 4 nitrogen and oxygen atoms in total. The van der Waals surface area contributed by atoms with Gasteiger partial charge >= 0.3 is 12.6 Å². The molecule has 0 aliphatic carbocycles. The molecular formula is C12H14N2O2+. The molecule has 1 aromatic rings. The zero-order chi connectivity index (χ0) is 11.8. The number of nitrogens with zero attached hydrogens (tertiary/aromatic N) is 2. The van der Waals surface area contributed by atoms with E-state index in [1.807, 2.05) is 50.6 Å². The molecule has 0 aromatic heterocycles. The van der Waals surface area contributed by atoms with Crippen molar-refractivity contribution in [1.29, 1.82) is 0 Å². The Bertz CT molecular complexity index is 414. The third kappa shape index (κ3) is 1.60. The van der Waals surface area contributed by atoms with E-state index in [1.165, 1.54) is 4.90 Å². The molecule has 0 spiro atoms. The van der Waals surface area contributed by atoms with E-state index >= 15 is 0 Å². The van der Waals surface area contributed by atoms with Gasteiger partial charge in [0.2, 0.25) is 6.54 Å². The van der Waals surface area contributed by atoms with Crippen molar-refractivity contribution in [2.75, 3.05) is 6.54 Å². The highest BCUT2D eigenvalue weighted by Crippen LogP contribution is 2.34. The van der Waals surface area contributed by atoms with E-state index in [-0.39, 0.29) is 0 Å². The average molecular weight is 218 g/mol. The number of hydrogen-bond acceptors (Lipinski definition) is 2. The van der Waals surface area contributed by atoms with E-state index in [4.69, 9.17) is 0 Å². The molecule has 1 saturated heterocycles. The topological polar surface area (TPSA) is 40.4 Å². The van der Waals surface area contributed by atoms with E-state index < -0.39 is 11.7 Å². The molecule has 2 rings (SSSR count). The Morgan fingerprint density at radius 3 is 2.56 bits per heavy atom. The summed E-state index contributed by atoms with van der Waals surface area (Å²) >= 11 is 0. The van der Waals surface area contributed by atoms with Crippen molar-refractivity contribution in [1.82, 2.24) is 4.90 Å². The van der Waals surface area contributed by atoms with Gasteiger partial charge < -0.3 is 0 Å². The Morgan fingerprint density at radius 1 is 1.38 bits per heavy atom. The van der Waals surface area contributed by atoms with Gasteiger partial charge in [0.05, 0.1) is 0 Å². The predicted molar refractivity (Wildman–Crippen MR) is 59.3 cm³/mol. The minimum Gasteiger partial charge on any atom is -0.263 e. The van der Waals surface area contributed by atoms with Gasteiger partial charge in [0.1, 0.15) is 5.54 Å². The fourth-order valence-electron chi connectivity index (χ4n) is 2.12. The zero-order valence-electron chi connectivity index (χ0n) is 9.38. The van der Waals surface area contributed by atoms with Crippen molar-refractivity contribution >= 4 is 6.41 Å². The summed E-state index contributed by atoms with van der Waals surface area (Å²) in [7, 11) is 0. The normalized spacial score (nSPS) is 23.5. The fraction of sp³-hybridized carbons (Fsp3) is 0.417. The molecule has 16 heavy (non-hydrogen) atoms. The van der Waals surface area contributed by atoms with E-state index in [9.17, 15) is 9.70 Å². The van der Waals surface area contributed by atoms with Gasteiger partial charge in [-0.2, -0.15) is 0 Å². The minimum atomic E-state index is -0.548. The molecular weight excluding hydrogens is 204 g/mol. The summed E-state index contributed by atoms with van der Waals surface area (Å²) in [6.07, 6.45) is 1.33. The quantitative estimate of drug-likeness (QED) is 0.708. The van der Waals surface area contributed by atoms with Crippen LogP contribution in [-0.2, 0) is 4.79 Å². The number of hydrogen-bond donors (Lipinski definition) is 0. The molecule has 0 bridgehead atoms. The van der Waals surface area contributed by atoms with Crippen molar-refractivity contribution < 1.29 is 9.55 Å². The smallest absolute Gasteiger partial charge is 0.263 e. The Hall–Kier alpha value is -1.71. The van der Waals surface area contributed by atoms with Crippen LogP contribution in [0.3, 0.4) is 0 Å². The fourth-order valence-corrected chi connectivity index (χ4v) is 2.12. The number of carbonyl (C=O) groups excluding carboxylic acids is 1. The Kier molecular flexibility index (Phi) is 2.50. The molecule has 4 heteroatoms. The van der Waals surface area contributed by atoms with Gasteiger partial charge in [-0.15, -0.1) is 0 Å². The molecule has 1 amide bonds. The molecule has 1 aromatic carbocycles.